The molecule has 5 heteroatoms. The molecule has 1 aliphatic heterocycles. The highest BCUT2D eigenvalue weighted by Crippen LogP contribution is 2.31. The largest absolute Gasteiger partial charge is 0.478 e. The molecule has 2 aliphatic rings. The van der Waals surface area contributed by atoms with Gasteiger partial charge in [-0.25, -0.2) is 9.18 Å². The van der Waals surface area contributed by atoms with Gasteiger partial charge in [0.25, 0.3) is 0 Å². The van der Waals surface area contributed by atoms with Crippen LogP contribution in [0.5, 0.6) is 0 Å². The average molecular weight is 290 g/mol. The van der Waals surface area contributed by atoms with Gasteiger partial charge in [-0.3, -0.25) is 4.90 Å². The predicted molar refractivity (Wildman–Crippen MR) is 79.9 cm³/mol. The number of aliphatic carboxylic acids is 1. The summed E-state index contributed by atoms with van der Waals surface area (Å²) in [6, 6.07) is 5.53. The molecule has 2 fully saturated rings. The molecule has 112 valence electrons. The highest BCUT2D eigenvalue weighted by molar-refractivity contribution is 5.87. The predicted octanol–water partition coefficient (Wildman–Crippen LogP) is 2.21. The fourth-order valence-corrected chi connectivity index (χ4v) is 2.91. The number of rotatable bonds is 4. The van der Waals surface area contributed by atoms with E-state index in [-0.39, 0.29) is 5.82 Å². The van der Waals surface area contributed by atoms with Crippen LogP contribution >= 0.6 is 0 Å². The summed E-state index contributed by atoms with van der Waals surface area (Å²) >= 11 is 0. The standard InChI is InChI=1S/C16H19FN2O2/c17-14-3-1-2-12(4-7-15(20)21)16(14)19-10-8-18(9-11-19)13-5-6-13/h1-4,7,13H,5-6,8-11H2,(H,20,21)/b7-4+. The Morgan fingerprint density at radius 3 is 2.57 bits per heavy atom. The van der Waals surface area contributed by atoms with Gasteiger partial charge in [-0.15, -0.1) is 0 Å². The van der Waals surface area contributed by atoms with Crippen LogP contribution in [0.15, 0.2) is 24.3 Å². The lowest BCUT2D eigenvalue weighted by Crippen LogP contribution is -2.47. The van der Waals surface area contributed by atoms with Gasteiger partial charge in [0, 0.05) is 43.9 Å². The van der Waals surface area contributed by atoms with E-state index >= 15 is 0 Å². The van der Waals surface area contributed by atoms with Crippen molar-refractivity contribution in [1.29, 1.82) is 0 Å². The summed E-state index contributed by atoms with van der Waals surface area (Å²) in [5.41, 5.74) is 1.14. The molecule has 1 aliphatic carbocycles. The number of hydrogen-bond donors (Lipinski definition) is 1. The van der Waals surface area contributed by atoms with Crippen LogP contribution in [0.4, 0.5) is 10.1 Å². The van der Waals surface area contributed by atoms with Gasteiger partial charge in [0.1, 0.15) is 5.82 Å². The number of nitrogens with zero attached hydrogens (tertiary/aromatic N) is 2. The van der Waals surface area contributed by atoms with E-state index in [1.54, 1.807) is 12.1 Å². The fraction of sp³-hybridized carbons (Fsp3) is 0.438. The first-order chi connectivity index (χ1) is 10.1. The lowest BCUT2D eigenvalue weighted by Gasteiger charge is -2.37. The zero-order valence-corrected chi connectivity index (χ0v) is 11.8. The van der Waals surface area contributed by atoms with E-state index in [4.69, 9.17) is 5.11 Å². The highest BCUT2D eigenvalue weighted by Gasteiger charge is 2.31. The molecule has 1 saturated carbocycles. The lowest BCUT2D eigenvalue weighted by molar-refractivity contribution is -0.131. The third kappa shape index (κ3) is 3.24. The molecule has 0 radical (unpaired) electrons. The number of halogens is 1. The Morgan fingerprint density at radius 1 is 1.24 bits per heavy atom. The van der Waals surface area contributed by atoms with Gasteiger partial charge in [-0.1, -0.05) is 12.1 Å². The Hall–Kier alpha value is -1.88. The maximum absolute atomic E-state index is 14.2. The van der Waals surface area contributed by atoms with E-state index in [0.29, 0.717) is 11.3 Å². The topological polar surface area (TPSA) is 43.8 Å². The van der Waals surface area contributed by atoms with Gasteiger partial charge < -0.3 is 10.0 Å². The van der Waals surface area contributed by atoms with Gasteiger partial charge >= 0.3 is 5.97 Å². The Balaban J connectivity index is 1.79. The first-order valence-corrected chi connectivity index (χ1v) is 7.33. The average Bonchev–Trinajstić information content (AvgIpc) is 3.30. The third-order valence-electron chi connectivity index (χ3n) is 4.12. The lowest BCUT2D eigenvalue weighted by atomic mass is 10.1. The number of carbonyl (C=O) groups is 1. The number of carboxylic acids is 1. The minimum atomic E-state index is -1.02. The normalized spacial score (nSPS) is 20.1. The van der Waals surface area contributed by atoms with Crippen LogP contribution < -0.4 is 4.90 Å². The Bertz CT molecular complexity index is 561. The molecule has 21 heavy (non-hydrogen) atoms. The molecule has 0 unspecified atom stereocenters. The molecular weight excluding hydrogens is 271 g/mol. The van der Waals surface area contributed by atoms with Gasteiger partial charge in [-0.2, -0.15) is 0 Å². The maximum Gasteiger partial charge on any atom is 0.328 e. The van der Waals surface area contributed by atoms with Crippen molar-refractivity contribution < 1.29 is 14.3 Å². The number of carboxylic acid groups (broad SMARTS) is 1. The van der Waals surface area contributed by atoms with Crippen molar-refractivity contribution in [3.63, 3.8) is 0 Å². The quantitative estimate of drug-likeness (QED) is 0.864. The molecule has 1 aromatic carbocycles. The molecule has 0 bridgehead atoms. The van der Waals surface area contributed by atoms with Crippen molar-refractivity contribution in [3.05, 3.63) is 35.7 Å². The van der Waals surface area contributed by atoms with Gasteiger partial charge in [0.2, 0.25) is 0 Å². The summed E-state index contributed by atoms with van der Waals surface area (Å²) in [7, 11) is 0. The summed E-state index contributed by atoms with van der Waals surface area (Å²) in [6.07, 6.45) is 5.09. The molecule has 1 aromatic rings. The third-order valence-corrected chi connectivity index (χ3v) is 4.12. The molecule has 3 rings (SSSR count). The molecule has 0 aromatic heterocycles. The molecule has 4 nitrogen and oxygen atoms in total. The fourth-order valence-electron chi connectivity index (χ4n) is 2.91. The molecule has 1 heterocycles. The molecule has 0 atom stereocenters. The van der Waals surface area contributed by atoms with Gasteiger partial charge in [-0.05, 0) is 25.0 Å². The number of hydrogen-bond acceptors (Lipinski definition) is 3. The summed E-state index contributed by atoms with van der Waals surface area (Å²) in [5, 5.41) is 8.75. The molecule has 0 amide bonds. The minimum absolute atomic E-state index is 0.289. The zero-order chi connectivity index (χ0) is 14.8. The summed E-state index contributed by atoms with van der Waals surface area (Å²) < 4.78 is 14.2. The molecular formula is C16H19FN2O2. The van der Waals surface area contributed by atoms with Crippen LogP contribution in [0.2, 0.25) is 0 Å². The molecule has 1 saturated heterocycles. The Labute approximate surface area is 123 Å². The summed E-state index contributed by atoms with van der Waals surface area (Å²) in [6.45, 7) is 3.46. The van der Waals surface area contributed by atoms with E-state index in [0.717, 1.165) is 38.3 Å². The first-order valence-electron chi connectivity index (χ1n) is 7.33. The van der Waals surface area contributed by atoms with E-state index in [1.807, 2.05) is 4.90 Å². The number of benzene rings is 1. The van der Waals surface area contributed by atoms with Crippen molar-refractivity contribution in [1.82, 2.24) is 4.90 Å². The SMILES string of the molecule is O=C(O)/C=C/c1cccc(F)c1N1CCN(C2CC2)CC1. The highest BCUT2D eigenvalue weighted by atomic mass is 19.1. The second kappa shape index (κ2) is 5.85. The first kappa shape index (κ1) is 14.1. The van der Waals surface area contributed by atoms with Gasteiger partial charge in [0.05, 0.1) is 5.69 Å². The van der Waals surface area contributed by atoms with Gasteiger partial charge in [0.15, 0.2) is 0 Å². The Kier molecular flexibility index (Phi) is 3.92. The number of anilines is 1. The molecule has 0 spiro atoms. The van der Waals surface area contributed by atoms with E-state index in [9.17, 15) is 9.18 Å². The summed E-state index contributed by atoms with van der Waals surface area (Å²) in [5.74, 6) is -1.31. The van der Waals surface area contributed by atoms with Crippen molar-refractivity contribution in [2.45, 2.75) is 18.9 Å². The monoisotopic (exact) mass is 290 g/mol. The van der Waals surface area contributed by atoms with Crippen LogP contribution in [-0.2, 0) is 4.79 Å². The van der Waals surface area contributed by atoms with Crippen LogP contribution in [0.25, 0.3) is 6.08 Å². The van der Waals surface area contributed by atoms with Crippen molar-refractivity contribution in [3.8, 4) is 0 Å². The van der Waals surface area contributed by atoms with Crippen LogP contribution in [0.1, 0.15) is 18.4 Å². The van der Waals surface area contributed by atoms with E-state index < -0.39 is 5.97 Å². The number of para-hydroxylation sites is 1. The molecule has 1 N–H and O–H groups in total. The van der Waals surface area contributed by atoms with Crippen molar-refractivity contribution in [2.75, 3.05) is 31.1 Å². The maximum atomic E-state index is 14.2. The summed E-state index contributed by atoms with van der Waals surface area (Å²) in [4.78, 5) is 15.2. The van der Waals surface area contributed by atoms with Crippen LogP contribution in [0.3, 0.4) is 0 Å². The van der Waals surface area contributed by atoms with E-state index in [1.165, 1.54) is 25.0 Å². The zero-order valence-electron chi connectivity index (χ0n) is 11.8. The second-order valence-electron chi connectivity index (χ2n) is 5.60. The van der Waals surface area contributed by atoms with Crippen molar-refractivity contribution >= 4 is 17.7 Å². The van der Waals surface area contributed by atoms with Crippen LogP contribution in [-0.4, -0.2) is 48.2 Å². The number of piperazine rings is 1. The second-order valence-corrected chi connectivity index (χ2v) is 5.60. The minimum Gasteiger partial charge on any atom is -0.478 e. The van der Waals surface area contributed by atoms with Crippen molar-refractivity contribution in [2.24, 2.45) is 0 Å². The van der Waals surface area contributed by atoms with E-state index in [2.05, 4.69) is 4.90 Å². The van der Waals surface area contributed by atoms with Crippen LogP contribution in [0, 0.1) is 5.82 Å². The smallest absolute Gasteiger partial charge is 0.328 e. The Morgan fingerprint density at radius 2 is 1.95 bits per heavy atom.